The Morgan fingerprint density at radius 1 is 1.50 bits per heavy atom. The zero-order chi connectivity index (χ0) is 10.0. The Morgan fingerprint density at radius 2 is 2.29 bits per heavy atom. The van der Waals surface area contributed by atoms with Crippen LogP contribution in [0.1, 0.15) is 31.9 Å². The number of nitrogens with one attached hydrogen (secondary N) is 1. The van der Waals surface area contributed by atoms with Gasteiger partial charge in [-0.2, -0.15) is 0 Å². The van der Waals surface area contributed by atoms with Crippen molar-refractivity contribution in [3.63, 3.8) is 0 Å². The molecule has 0 atom stereocenters. The molecule has 0 aliphatic heterocycles. The minimum Gasteiger partial charge on any atom is -0.453 e. The lowest BCUT2D eigenvalue weighted by Crippen LogP contribution is -2.22. The molecule has 1 aliphatic carbocycles. The van der Waals surface area contributed by atoms with E-state index >= 15 is 0 Å². The molecule has 1 aliphatic rings. The lowest BCUT2D eigenvalue weighted by atomic mass is 10.0. The summed E-state index contributed by atoms with van der Waals surface area (Å²) >= 11 is 3.30. The van der Waals surface area contributed by atoms with Gasteiger partial charge in [-0.05, 0) is 52.7 Å². The first kappa shape index (κ1) is 10.2. The summed E-state index contributed by atoms with van der Waals surface area (Å²) in [5.41, 5.74) is 0.615. The lowest BCUT2D eigenvalue weighted by Gasteiger charge is -2.12. The Balaban J connectivity index is 1.73. The summed E-state index contributed by atoms with van der Waals surface area (Å²) in [6.45, 7) is 4.24. The maximum absolute atomic E-state index is 5.41. The lowest BCUT2D eigenvalue weighted by molar-refractivity contribution is 0.411. The minimum absolute atomic E-state index is 0.615. The van der Waals surface area contributed by atoms with E-state index in [0.717, 1.165) is 23.5 Å². The molecular weight excluding hydrogens is 242 g/mol. The van der Waals surface area contributed by atoms with E-state index in [2.05, 4.69) is 28.2 Å². The number of rotatable bonds is 5. The zero-order valence-electron chi connectivity index (χ0n) is 8.48. The highest BCUT2D eigenvalue weighted by atomic mass is 79.9. The molecule has 1 fully saturated rings. The smallest absolute Gasteiger partial charge is 0.169 e. The van der Waals surface area contributed by atoms with Crippen LogP contribution in [0.25, 0.3) is 0 Å². The molecule has 0 radical (unpaired) electrons. The predicted molar refractivity (Wildman–Crippen MR) is 60.1 cm³/mol. The molecule has 2 nitrogen and oxygen atoms in total. The monoisotopic (exact) mass is 257 g/mol. The van der Waals surface area contributed by atoms with E-state index in [9.17, 15) is 0 Å². The SMILES string of the molecule is CCC1(CNCc2ccc(Br)o2)CC1. The normalized spacial score (nSPS) is 18.4. The van der Waals surface area contributed by atoms with Crippen LogP contribution in [0.15, 0.2) is 21.2 Å². The second kappa shape index (κ2) is 4.07. The van der Waals surface area contributed by atoms with Gasteiger partial charge in [-0.25, -0.2) is 0 Å². The molecule has 1 N–H and O–H groups in total. The van der Waals surface area contributed by atoms with Crippen LogP contribution in [0.3, 0.4) is 0 Å². The van der Waals surface area contributed by atoms with Crippen molar-refractivity contribution in [3.8, 4) is 0 Å². The molecule has 1 heterocycles. The second-order valence-corrected chi connectivity index (χ2v) is 4.94. The van der Waals surface area contributed by atoms with Crippen molar-refractivity contribution in [3.05, 3.63) is 22.6 Å². The van der Waals surface area contributed by atoms with Crippen molar-refractivity contribution < 1.29 is 4.42 Å². The van der Waals surface area contributed by atoms with Gasteiger partial charge in [-0.3, -0.25) is 0 Å². The molecule has 1 aromatic heterocycles. The first-order chi connectivity index (χ1) is 6.74. The Hall–Kier alpha value is -0.280. The van der Waals surface area contributed by atoms with E-state index in [-0.39, 0.29) is 0 Å². The van der Waals surface area contributed by atoms with Crippen LogP contribution >= 0.6 is 15.9 Å². The highest BCUT2D eigenvalue weighted by Gasteiger charge is 2.39. The Bertz CT molecular complexity index is 304. The summed E-state index contributed by atoms with van der Waals surface area (Å²) in [5, 5.41) is 3.45. The molecule has 1 saturated carbocycles. The van der Waals surface area contributed by atoms with E-state index in [0.29, 0.717) is 5.41 Å². The summed E-state index contributed by atoms with van der Waals surface area (Å²) in [4.78, 5) is 0. The quantitative estimate of drug-likeness (QED) is 0.876. The third-order valence-corrected chi connectivity index (χ3v) is 3.56. The summed E-state index contributed by atoms with van der Waals surface area (Å²) < 4.78 is 6.22. The van der Waals surface area contributed by atoms with Crippen LogP contribution in [0, 0.1) is 5.41 Å². The first-order valence-electron chi connectivity index (χ1n) is 5.19. The molecule has 78 valence electrons. The average molecular weight is 258 g/mol. The zero-order valence-corrected chi connectivity index (χ0v) is 10.1. The van der Waals surface area contributed by atoms with Gasteiger partial charge in [0.25, 0.3) is 0 Å². The van der Waals surface area contributed by atoms with E-state index in [1.807, 2.05) is 12.1 Å². The maximum atomic E-state index is 5.41. The van der Waals surface area contributed by atoms with Gasteiger partial charge in [-0.15, -0.1) is 0 Å². The highest BCUT2D eigenvalue weighted by molar-refractivity contribution is 9.10. The van der Waals surface area contributed by atoms with Gasteiger partial charge in [0.2, 0.25) is 0 Å². The predicted octanol–water partition coefficient (Wildman–Crippen LogP) is 3.32. The van der Waals surface area contributed by atoms with Crippen molar-refractivity contribution in [2.75, 3.05) is 6.54 Å². The van der Waals surface area contributed by atoms with Crippen molar-refractivity contribution in [1.82, 2.24) is 5.32 Å². The van der Waals surface area contributed by atoms with E-state index < -0.39 is 0 Å². The molecule has 14 heavy (non-hydrogen) atoms. The average Bonchev–Trinajstić information content (AvgIpc) is 2.84. The van der Waals surface area contributed by atoms with Crippen molar-refractivity contribution in [1.29, 1.82) is 0 Å². The Morgan fingerprint density at radius 3 is 2.79 bits per heavy atom. The van der Waals surface area contributed by atoms with Crippen LogP contribution < -0.4 is 5.32 Å². The number of hydrogen-bond acceptors (Lipinski definition) is 2. The molecule has 1 aromatic rings. The fourth-order valence-corrected chi connectivity index (χ4v) is 2.07. The van der Waals surface area contributed by atoms with Gasteiger partial charge in [0.15, 0.2) is 4.67 Å². The van der Waals surface area contributed by atoms with E-state index in [4.69, 9.17) is 4.42 Å². The molecule has 3 heteroatoms. The van der Waals surface area contributed by atoms with E-state index in [1.54, 1.807) is 0 Å². The summed E-state index contributed by atoms with van der Waals surface area (Å²) in [5.74, 6) is 1.00. The van der Waals surface area contributed by atoms with Crippen molar-refractivity contribution in [2.45, 2.75) is 32.7 Å². The first-order valence-corrected chi connectivity index (χ1v) is 5.98. The highest BCUT2D eigenvalue weighted by Crippen LogP contribution is 2.47. The third kappa shape index (κ3) is 2.39. The molecule has 0 unspecified atom stereocenters. The van der Waals surface area contributed by atoms with Gasteiger partial charge in [0.05, 0.1) is 6.54 Å². The van der Waals surface area contributed by atoms with Gasteiger partial charge >= 0.3 is 0 Å². The standard InChI is InChI=1S/C11H16BrNO/c1-2-11(5-6-11)8-13-7-9-3-4-10(12)14-9/h3-4,13H,2,5-8H2,1H3. The Labute approximate surface area is 93.2 Å². The van der Waals surface area contributed by atoms with Crippen LogP contribution in [0.5, 0.6) is 0 Å². The second-order valence-electron chi connectivity index (χ2n) is 4.16. The van der Waals surface area contributed by atoms with Crippen LogP contribution in [0.2, 0.25) is 0 Å². The van der Waals surface area contributed by atoms with Gasteiger partial charge < -0.3 is 9.73 Å². The van der Waals surface area contributed by atoms with E-state index in [1.165, 1.54) is 19.3 Å². The molecule has 0 amide bonds. The van der Waals surface area contributed by atoms with Crippen molar-refractivity contribution in [2.24, 2.45) is 5.41 Å². The van der Waals surface area contributed by atoms with Crippen molar-refractivity contribution >= 4 is 15.9 Å². The fraction of sp³-hybridized carbons (Fsp3) is 0.636. The maximum Gasteiger partial charge on any atom is 0.169 e. The van der Waals surface area contributed by atoms with Gasteiger partial charge in [-0.1, -0.05) is 6.92 Å². The minimum atomic E-state index is 0.615. The molecule has 2 rings (SSSR count). The van der Waals surface area contributed by atoms with Gasteiger partial charge in [0, 0.05) is 6.54 Å². The summed E-state index contributed by atoms with van der Waals surface area (Å²) in [6.07, 6.45) is 4.07. The van der Waals surface area contributed by atoms with Gasteiger partial charge in [0.1, 0.15) is 5.76 Å². The fourth-order valence-electron chi connectivity index (χ4n) is 1.73. The number of halogens is 1. The number of furan rings is 1. The molecule has 0 spiro atoms. The third-order valence-electron chi connectivity index (χ3n) is 3.14. The molecule has 0 aromatic carbocycles. The Kier molecular flexibility index (Phi) is 2.98. The molecule has 0 saturated heterocycles. The molecule has 0 bridgehead atoms. The number of hydrogen-bond donors (Lipinski definition) is 1. The molecular formula is C11H16BrNO. The summed E-state index contributed by atoms with van der Waals surface area (Å²) in [7, 11) is 0. The topological polar surface area (TPSA) is 25.2 Å². The summed E-state index contributed by atoms with van der Waals surface area (Å²) in [6, 6.07) is 3.94. The largest absolute Gasteiger partial charge is 0.453 e. The van der Waals surface area contributed by atoms with Crippen LogP contribution in [-0.2, 0) is 6.54 Å². The van der Waals surface area contributed by atoms with Crippen LogP contribution in [-0.4, -0.2) is 6.54 Å². The van der Waals surface area contributed by atoms with Crippen LogP contribution in [0.4, 0.5) is 0 Å².